The molecule has 1 N–H and O–H groups in total. The van der Waals surface area contributed by atoms with Crippen molar-refractivity contribution < 1.29 is 27.4 Å². The van der Waals surface area contributed by atoms with E-state index in [9.17, 15) is 13.2 Å². The number of nitrogens with one attached hydrogen (secondary N) is 1. The van der Waals surface area contributed by atoms with Crippen molar-refractivity contribution in [1.29, 1.82) is 0 Å². The number of hydrogen-bond acceptors (Lipinski definition) is 4. The van der Waals surface area contributed by atoms with Crippen LogP contribution in [0.25, 0.3) is 0 Å². The fourth-order valence-corrected chi connectivity index (χ4v) is 3.59. The minimum absolute atomic E-state index is 0. The van der Waals surface area contributed by atoms with Gasteiger partial charge in [-0.15, -0.1) is 24.0 Å². The Bertz CT molecular complexity index is 700. The van der Waals surface area contributed by atoms with Crippen LogP contribution in [0.5, 0.6) is 0 Å². The zero-order valence-electron chi connectivity index (χ0n) is 17.7. The van der Waals surface area contributed by atoms with Gasteiger partial charge in [-0.3, -0.25) is 4.99 Å². The van der Waals surface area contributed by atoms with Gasteiger partial charge in [0.05, 0.1) is 44.6 Å². The molecule has 0 spiro atoms. The molecule has 1 aromatic carbocycles. The molecule has 2 fully saturated rings. The number of aliphatic imine (C=N–C) groups is 1. The van der Waals surface area contributed by atoms with Gasteiger partial charge < -0.3 is 24.4 Å². The van der Waals surface area contributed by atoms with E-state index < -0.39 is 17.8 Å². The van der Waals surface area contributed by atoms with Gasteiger partial charge in [0.2, 0.25) is 0 Å². The summed E-state index contributed by atoms with van der Waals surface area (Å²) in [6, 6.07) is 5.33. The third kappa shape index (κ3) is 8.07. The number of morpholine rings is 1. The van der Waals surface area contributed by atoms with Crippen LogP contribution in [0.4, 0.5) is 13.2 Å². The van der Waals surface area contributed by atoms with Crippen molar-refractivity contribution in [3.63, 3.8) is 0 Å². The predicted molar refractivity (Wildman–Crippen MR) is 123 cm³/mol. The SMILES string of the molecule is CCNC(=NCCOCC1CCCO1)N1CCOC(c2cccc(C(F)(F)F)c2)C1.I. The molecule has 1 aromatic rings. The smallest absolute Gasteiger partial charge is 0.377 e. The zero-order valence-corrected chi connectivity index (χ0v) is 20.0. The summed E-state index contributed by atoms with van der Waals surface area (Å²) in [5.41, 5.74) is -0.144. The van der Waals surface area contributed by atoms with Gasteiger partial charge in [-0.25, -0.2) is 0 Å². The van der Waals surface area contributed by atoms with E-state index in [1.54, 1.807) is 6.07 Å². The van der Waals surface area contributed by atoms with E-state index in [4.69, 9.17) is 14.2 Å². The molecule has 0 saturated carbocycles. The van der Waals surface area contributed by atoms with E-state index >= 15 is 0 Å². The van der Waals surface area contributed by atoms with Crippen LogP contribution >= 0.6 is 24.0 Å². The molecule has 176 valence electrons. The van der Waals surface area contributed by atoms with Gasteiger partial charge >= 0.3 is 6.18 Å². The minimum atomic E-state index is -4.37. The average molecular weight is 557 g/mol. The Hall–Kier alpha value is -1.11. The summed E-state index contributed by atoms with van der Waals surface area (Å²) in [6.45, 7) is 6.54. The molecule has 10 heteroatoms. The van der Waals surface area contributed by atoms with Crippen LogP contribution in [-0.2, 0) is 20.4 Å². The highest BCUT2D eigenvalue weighted by molar-refractivity contribution is 14.0. The van der Waals surface area contributed by atoms with Gasteiger partial charge in [-0.2, -0.15) is 13.2 Å². The first-order valence-electron chi connectivity index (χ1n) is 10.5. The van der Waals surface area contributed by atoms with E-state index in [0.717, 1.165) is 37.5 Å². The Morgan fingerprint density at radius 1 is 1.29 bits per heavy atom. The maximum Gasteiger partial charge on any atom is 0.416 e. The zero-order chi connectivity index (χ0) is 21.4. The molecule has 0 amide bonds. The van der Waals surface area contributed by atoms with Gasteiger partial charge in [0.15, 0.2) is 5.96 Å². The second-order valence-electron chi connectivity index (χ2n) is 7.37. The third-order valence-corrected chi connectivity index (χ3v) is 5.11. The number of benzene rings is 1. The maximum atomic E-state index is 13.0. The van der Waals surface area contributed by atoms with Crippen LogP contribution in [0, 0.1) is 0 Å². The van der Waals surface area contributed by atoms with Crippen molar-refractivity contribution in [3.8, 4) is 0 Å². The van der Waals surface area contributed by atoms with Gasteiger partial charge in [0, 0.05) is 19.7 Å². The van der Waals surface area contributed by atoms with Gasteiger partial charge in [0.1, 0.15) is 6.10 Å². The molecular formula is C21H31F3IN3O3. The molecule has 6 nitrogen and oxygen atoms in total. The van der Waals surface area contributed by atoms with Crippen molar-refractivity contribution in [1.82, 2.24) is 10.2 Å². The number of hydrogen-bond donors (Lipinski definition) is 1. The van der Waals surface area contributed by atoms with E-state index in [1.165, 1.54) is 6.07 Å². The van der Waals surface area contributed by atoms with Crippen molar-refractivity contribution in [2.24, 2.45) is 4.99 Å². The fraction of sp³-hybridized carbons (Fsp3) is 0.667. The molecule has 2 atom stereocenters. The van der Waals surface area contributed by atoms with Crippen LogP contribution in [0.1, 0.15) is 37.0 Å². The first-order valence-corrected chi connectivity index (χ1v) is 10.5. The monoisotopic (exact) mass is 557 g/mol. The van der Waals surface area contributed by atoms with Crippen molar-refractivity contribution in [2.75, 3.05) is 52.6 Å². The Kier molecular flexibility index (Phi) is 10.8. The lowest BCUT2D eigenvalue weighted by atomic mass is 10.0. The number of alkyl halides is 3. The lowest BCUT2D eigenvalue weighted by Crippen LogP contribution is -2.48. The van der Waals surface area contributed by atoms with Crippen LogP contribution in [-0.4, -0.2) is 69.6 Å². The molecule has 0 bridgehead atoms. The second-order valence-corrected chi connectivity index (χ2v) is 7.37. The van der Waals surface area contributed by atoms with Gasteiger partial charge in [0.25, 0.3) is 0 Å². The molecule has 3 rings (SSSR count). The third-order valence-electron chi connectivity index (χ3n) is 5.11. The molecule has 0 radical (unpaired) electrons. The van der Waals surface area contributed by atoms with Crippen LogP contribution < -0.4 is 5.32 Å². The van der Waals surface area contributed by atoms with Crippen molar-refractivity contribution in [2.45, 2.75) is 38.1 Å². The van der Waals surface area contributed by atoms with E-state index in [0.29, 0.717) is 51.6 Å². The average Bonchev–Trinajstić information content (AvgIpc) is 3.26. The molecule has 2 aliphatic heterocycles. The van der Waals surface area contributed by atoms with E-state index in [2.05, 4.69) is 10.3 Å². The van der Waals surface area contributed by atoms with Gasteiger partial charge in [-0.05, 0) is 37.5 Å². The molecule has 2 unspecified atom stereocenters. The molecule has 2 heterocycles. The maximum absolute atomic E-state index is 13.0. The molecule has 0 aromatic heterocycles. The summed E-state index contributed by atoms with van der Waals surface area (Å²) >= 11 is 0. The first-order chi connectivity index (χ1) is 14.5. The topological polar surface area (TPSA) is 55.3 Å². The highest BCUT2D eigenvalue weighted by Crippen LogP contribution is 2.32. The van der Waals surface area contributed by atoms with Crippen molar-refractivity contribution >= 4 is 29.9 Å². The van der Waals surface area contributed by atoms with E-state index in [-0.39, 0.29) is 30.1 Å². The number of rotatable bonds is 7. The van der Waals surface area contributed by atoms with Crippen LogP contribution in [0.15, 0.2) is 29.3 Å². The summed E-state index contributed by atoms with van der Waals surface area (Å²) < 4.78 is 56.1. The molecule has 0 aliphatic carbocycles. The Balaban J connectivity index is 0.00000341. The van der Waals surface area contributed by atoms with Crippen LogP contribution in [0.3, 0.4) is 0 Å². The molecular weight excluding hydrogens is 526 g/mol. The summed E-state index contributed by atoms with van der Waals surface area (Å²) in [4.78, 5) is 6.64. The lowest BCUT2D eigenvalue weighted by Gasteiger charge is -2.35. The Morgan fingerprint density at radius 3 is 2.84 bits per heavy atom. The normalized spacial score (nSPS) is 22.3. The fourth-order valence-electron chi connectivity index (χ4n) is 3.59. The first kappa shape index (κ1) is 26.1. The molecule has 2 saturated heterocycles. The Labute approximate surface area is 198 Å². The summed E-state index contributed by atoms with van der Waals surface area (Å²) in [7, 11) is 0. The summed E-state index contributed by atoms with van der Waals surface area (Å²) in [6.07, 6.45) is -2.50. The molecule has 2 aliphatic rings. The summed E-state index contributed by atoms with van der Waals surface area (Å²) in [5.74, 6) is 0.721. The Morgan fingerprint density at radius 2 is 2.13 bits per heavy atom. The quantitative estimate of drug-likeness (QED) is 0.239. The standard InChI is InChI=1S/C21H30F3N3O3.HI/c1-2-25-20(26-8-11-28-15-18-7-4-10-29-18)27-9-12-30-19(14-27)16-5-3-6-17(13-16)21(22,23)24;/h3,5-6,13,18-19H,2,4,7-12,14-15H2,1H3,(H,25,26);1H. The predicted octanol–water partition coefficient (Wildman–Crippen LogP) is 3.86. The van der Waals surface area contributed by atoms with E-state index in [1.807, 2.05) is 11.8 Å². The van der Waals surface area contributed by atoms with Crippen molar-refractivity contribution in [3.05, 3.63) is 35.4 Å². The highest BCUT2D eigenvalue weighted by Gasteiger charge is 2.32. The highest BCUT2D eigenvalue weighted by atomic mass is 127. The summed E-state index contributed by atoms with van der Waals surface area (Å²) in [5, 5.41) is 3.25. The number of guanidine groups is 1. The minimum Gasteiger partial charge on any atom is -0.377 e. The van der Waals surface area contributed by atoms with Crippen LogP contribution in [0.2, 0.25) is 0 Å². The molecule has 31 heavy (non-hydrogen) atoms. The number of halogens is 4. The largest absolute Gasteiger partial charge is 0.416 e. The van der Waals surface area contributed by atoms with Gasteiger partial charge in [-0.1, -0.05) is 12.1 Å². The number of ether oxygens (including phenoxy) is 3. The second kappa shape index (κ2) is 12.8. The lowest BCUT2D eigenvalue weighted by molar-refractivity contribution is -0.137. The number of nitrogens with zero attached hydrogens (tertiary/aromatic N) is 2.